The third-order valence-corrected chi connectivity index (χ3v) is 6.33. The Hall–Kier alpha value is 0.563. The number of alkyl halides is 1. The van der Waals surface area contributed by atoms with Gasteiger partial charge in [0, 0.05) is 0 Å². The molecule has 2 unspecified atom stereocenters. The topological polar surface area (TPSA) is 0 Å². The van der Waals surface area contributed by atoms with E-state index in [0.29, 0.717) is 10.1 Å². The van der Waals surface area contributed by atoms with Gasteiger partial charge in [-0.15, -0.1) is 53.5 Å². The number of thioether (sulfide) groups is 1. The molecular formula is C20H16BrCl2S2Zr-3. The first-order valence-electron chi connectivity index (χ1n) is 7.80. The molecule has 2 aliphatic carbocycles. The van der Waals surface area contributed by atoms with E-state index in [1.165, 1.54) is 27.8 Å². The molecule has 1 heterocycles. The average molecular weight is 563 g/mol. The van der Waals surface area contributed by atoms with Gasteiger partial charge in [-0.25, -0.2) is 0 Å². The predicted octanol–water partition coefficient (Wildman–Crippen LogP) is 6.96. The van der Waals surface area contributed by atoms with Crippen LogP contribution in [0.15, 0.2) is 54.1 Å². The molecule has 5 rings (SSSR count). The third-order valence-electron chi connectivity index (χ3n) is 4.21. The summed E-state index contributed by atoms with van der Waals surface area (Å²) in [6.07, 6.45) is 7.69. The van der Waals surface area contributed by atoms with E-state index < -0.39 is 20.8 Å². The van der Waals surface area contributed by atoms with Gasteiger partial charge in [0.15, 0.2) is 0 Å². The minimum atomic E-state index is -0.826. The quantitative estimate of drug-likeness (QED) is 0.147. The van der Waals surface area contributed by atoms with Crippen LogP contribution in [-0.4, -0.2) is 4.16 Å². The van der Waals surface area contributed by atoms with Crippen LogP contribution in [0.3, 0.4) is 0 Å². The van der Waals surface area contributed by atoms with Crippen molar-refractivity contribution < 1.29 is 20.8 Å². The van der Waals surface area contributed by atoms with Gasteiger partial charge in [0.05, 0.1) is 4.16 Å². The zero-order valence-corrected chi connectivity index (χ0v) is 21.0. The van der Waals surface area contributed by atoms with Gasteiger partial charge in [0.2, 0.25) is 0 Å². The molecule has 2 aromatic carbocycles. The Bertz CT molecular complexity index is 795. The smallest absolute Gasteiger partial charge is 0.0528 e. The first kappa shape index (κ1) is 22.8. The van der Waals surface area contributed by atoms with Gasteiger partial charge in [-0.2, -0.15) is 0 Å². The van der Waals surface area contributed by atoms with E-state index >= 15 is 0 Å². The van der Waals surface area contributed by atoms with Crippen molar-refractivity contribution in [2.24, 2.45) is 0 Å². The van der Waals surface area contributed by atoms with Crippen LogP contribution in [0, 0.1) is 11.8 Å². The average Bonchev–Trinajstić information content (AvgIpc) is 3.33. The Balaban J connectivity index is 0.000000165. The standard InChI is InChI=1S/C11H8BrS.C9H7.2ClH.H2S.Zr/c12-11-9-5-7-3-1-2-4-8(7)10(9)6-13-11;1-2-5-9-7-3-6-8(9)4-1;;;;/h1-6,10-11H;1-4,7H,6H2;2*1H;1H2;/q2*-1;;;;+2/p-3. The van der Waals surface area contributed by atoms with Crippen molar-refractivity contribution in [3.05, 3.63) is 88.2 Å². The molecular weight excluding hydrogens is 546 g/mol. The van der Waals surface area contributed by atoms with Crippen molar-refractivity contribution in [3.63, 3.8) is 0 Å². The molecule has 2 atom stereocenters. The number of hydrogen-bond donors (Lipinski definition) is 0. The van der Waals surface area contributed by atoms with Crippen LogP contribution in [0.5, 0.6) is 0 Å². The largest absolute Gasteiger partial charge is 0.813 e. The molecule has 26 heavy (non-hydrogen) atoms. The van der Waals surface area contributed by atoms with Crippen LogP contribution in [0.25, 0.3) is 12.2 Å². The van der Waals surface area contributed by atoms with Gasteiger partial charge in [0.1, 0.15) is 0 Å². The molecule has 0 spiro atoms. The Morgan fingerprint density at radius 2 is 1.96 bits per heavy atom. The van der Waals surface area contributed by atoms with E-state index in [-0.39, 0.29) is 13.5 Å². The van der Waals surface area contributed by atoms with Gasteiger partial charge < -0.3 is 25.3 Å². The number of hydrogen-bond acceptors (Lipinski definition) is 2. The first-order valence-corrected chi connectivity index (χ1v) is 16.0. The van der Waals surface area contributed by atoms with E-state index in [9.17, 15) is 0 Å². The van der Waals surface area contributed by atoms with Crippen LogP contribution in [0.2, 0.25) is 0 Å². The first-order chi connectivity index (χ1) is 12.2. The number of fused-ring (bicyclic) bond motifs is 4. The molecule has 0 amide bonds. The number of halogens is 3. The molecule has 1 aliphatic heterocycles. The van der Waals surface area contributed by atoms with Gasteiger partial charge in [-0.3, -0.25) is 5.75 Å². The second-order valence-corrected chi connectivity index (χ2v) is 11.9. The number of benzene rings is 2. The zero-order chi connectivity index (χ0) is 17.6. The maximum atomic E-state index is 4.93. The van der Waals surface area contributed by atoms with Crippen LogP contribution in [0.4, 0.5) is 0 Å². The molecule has 0 bridgehead atoms. The van der Waals surface area contributed by atoms with E-state index in [0.717, 1.165) is 6.42 Å². The van der Waals surface area contributed by atoms with Crippen LogP contribution in [-0.2, 0) is 40.8 Å². The molecule has 0 nitrogen and oxygen atoms in total. The minimum absolute atomic E-state index is 0. The third kappa shape index (κ3) is 5.55. The second-order valence-electron chi connectivity index (χ2n) is 5.63. The summed E-state index contributed by atoms with van der Waals surface area (Å²) in [6.45, 7) is 0. The summed E-state index contributed by atoms with van der Waals surface area (Å²) in [5, 5.41) is 0. The molecule has 1 saturated heterocycles. The molecule has 0 saturated carbocycles. The van der Waals surface area contributed by atoms with Crippen molar-refractivity contribution in [1.82, 2.24) is 0 Å². The van der Waals surface area contributed by atoms with E-state index in [4.69, 9.17) is 17.0 Å². The maximum Gasteiger partial charge on any atom is -0.0528 e. The zero-order valence-electron chi connectivity index (χ0n) is 13.7. The summed E-state index contributed by atoms with van der Waals surface area (Å²) in [7, 11) is 9.87. The second kappa shape index (κ2) is 11.5. The summed E-state index contributed by atoms with van der Waals surface area (Å²) in [6, 6.07) is 17.9. The minimum Gasteiger partial charge on any atom is -0.813 e. The maximum absolute atomic E-state index is 4.93. The van der Waals surface area contributed by atoms with Crippen molar-refractivity contribution >= 4 is 70.4 Å². The van der Waals surface area contributed by atoms with Crippen LogP contribution in [0.1, 0.15) is 28.2 Å². The molecule has 1 fully saturated rings. The molecule has 0 N–H and O–H groups in total. The summed E-state index contributed by atoms with van der Waals surface area (Å²) in [5.74, 6) is 2.89. The summed E-state index contributed by atoms with van der Waals surface area (Å²) < 4.78 is 0.491. The summed E-state index contributed by atoms with van der Waals surface area (Å²) >= 11 is 4.72. The van der Waals surface area contributed by atoms with E-state index in [2.05, 4.69) is 76.3 Å². The fourth-order valence-corrected chi connectivity index (χ4v) is 4.84. The predicted molar refractivity (Wildman–Crippen MR) is 120 cm³/mol. The summed E-state index contributed by atoms with van der Waals surface area (Å²) in [5.41, 5.74) is 7.02. The fraction of sp³-hybridized carbons (Fsp3) is 0.150. The normalized spacial score (nSPS) is 20.2. The Labute approximate surface area is 194 Å². The number of allylic oxidation sites excluding steroid dienone is 1. The Morgan fingerprint density at radius 1 is 1.19 bits per heavy atom. The molecule has 6 heteroatoms. The monoisotopic (exact) mass is 559 g/mol. The van der Waals surface area contributed by atoms with Gasteiger partial charge >= 0.3 is 37.9 Å². The molecule has 3 aliphatic rings. The van der Waals surface area contributed by atoms with Crippen molar-refractivity contribution in [2.45, 2.75) is 16.5 Å². The van der Waals surface area contributed by atoms with Crippen LogP contribution >= 0.6 is 44.7 Å². The molecule has 2 aromatic rings. The van der Waals surface area contributed by atoms with E-state index in [1.54, 1.807) is 0 Å². The van der Waals surface area contributed by atoms with Crippen molar-refractivity contribution in [1.29, 1.82) is 0 Å². The Kier molecular flexibility index (Phi) is 10.1. The number of rotatable bonds is 0. The summed E-state index contributed by atoms with van der Waals surface area (Å²) in [4.78, 5) is 0. The van der Waals surface area contributed by atoms with E-state index in [1.807, 2.05) is 23.9 Å². The SMILES string of the molecule is BrC1S[CH-]C2C1=Cc1ccccc12.[Cl][Zr][Cl].[SH-].[c-]1cccc2c1C=CC2. The van der Waals surface area contributed by atoms with Crippen LogP contribution < -0.4 is 0 Å². The molecule has 0 aromatic heterocycles. The van der Waals surface area contributed by atoms with Crippen molar-refractivity contribution in [2.75, 3.05) is 0 Å². The fourth-order valence-electron chi connectivity index (χ4n) is 3.08. The molecule has 136 valence electrons. The van der Waals surface area contributed by atoms with Gasteiger partial charge in [-0.05, 0) is 5.56 Å². The Morgan fingerprint density at radius 3 is 2.73 bits per heavy atom. The van der Waals surface area contributed by atoms with Gasteiger partial charge in [-0.1, -0.05) is 63.8 Å². The van der Waals surface area contributed by atoms with Gasteiger partial charge in [0.25, 0.3) is 0 Å². The van der Waals surface area contributed by atoms with Crippen molar-refractivity contribution in [3.8, 4) is 0 Å². The number of thiol groups is 1. The molecule has 0 radical (unpaired) electrons.